The third kappa shape index (κ3) is 5.39. The van der Waals surface area contributed by atoms with Crippen molar-refractivity contribution in [2.24, 2.45) is 12.8 Å². The van der Waals surface area contributed by atoms with Crippen LogP contribution in [0.25, 0.3) is 0 Å². The van der Waals surface area contributed by atoms with E-state index in [0.29, 0.717) is 11.5 Å². The third-order valence-corrected chi connectivity index (χ3v) is 5.16. The molecule has 2 aromatic heterocycles. The van der Waals surface area contributed by atoms with Crippen molar-refractivity contribution < 1.29 is 31.6 Å². The monoisotopic (exact) mass is 468 g/mol. The first-order valence-electron chi connectivity index (χ1n) is 9.37. The predicted molar refractivity (Wildman–Crippen MR) is 112 cm³/mol. The van der Waals surface area contributed by atoms with Gasteiger partial charge in [-0.3, -0.25) is 4.79 Å². The van der Waals surface area contributed by atoms with Crippen molar-refractivity contribution in [3.8, 4) is 5.75 Å². The maximum atomic E-state index is 13.5. The second-order valence-electron chi connectivity index (χ2n) is 7.66. The van der Waals surface area contributed by atoms with Crippen LogP contribution in [0.2, 0.25) is 0 Å². The van der Waals surface area contributed by atoms with E-state index in [1.54, 1.807) is 19.9 Å². The van der Waals surface area contributed by atoms with Crippen LogP contribution in [-0.4, -0.2) is 36.5 Å². The summed E-state index contributed by atoms with van der Waals surface area (Å²) < 4.78 is 60.2. The van der Waals surface area contributed by atoms with E-state index in [0.717, 1.165) is 12.1 Å². The number of benzene rings is 1. The SMILES string of the molecule is Cc1cc(CC(C)(N)COc2c(S(=O)O)cn(C)c2C(=O)Nc2ccc(F)c(F)c2)no1. The number of aromatic nitrogens is 2. The van der Waals surface area contributed by atoms with Crippen LogP contribution in [0.3, 0.4) is 0 Å². The number of carbonyl (C=O) groups is 1. The highest BCUT2D eigenvalue weighted by Gasteiger charge is 2.29. The van der Waals surface area contributed by atoms with Crippen molar-refractivity contribution in [3.05, 3.63) is 59.2 Å². The molecule has 172 valence electrons. The number of carbonyl (C=O) groups excluding carboxylic acids is 1. The number of hydrogen-bond donors (Lipinski definition) is 3. The second-order valence-corrected chi connectivity index (χ2v) is 8.60. The molecule has 1 aromatic carbocycles. The van der Waals surface area contributed by atoms with Crippen LogP contribution in [0.1, 0.15) is 28.9 Å². The van der Waals surface area contributed by atoms with Crippen LogP contribution < -0.4 is 15.8 Å². The molecule has 0 aliphatic rings. The molecule has 0 radical (unpaired) electrons. The molecule has 0 fully saturated rings. The van der Waals surface area contributed by atoms with Gasteiger partial charge in [0.05, 0.1) is 11.2 Å². The van der Waals surface area contributed by atoms with E-state index < -0.39 is 34.2 Å². The number of anilines is 1. The van der Waals surface area contributed by atoms with Crippen LogP contribution in [0.4, 0.5) is 14.5 Å². The number of halogens is 2. The van der Waals surface area contributed by atoms with Crippen molar-refractivity contribution in [3.63, 3.8) is 0 Å². The lowest BCUT2D eigenvalue weighted by atomic mass is 9.98. The van der Waals surface area contributed by atoms with Gasteiger partial charge in [0.2, 0.25) is 0 Å². The van der Waals surface area contributed by atoms with Crippen LogP contribution in [0, 0.1) is 18.6 Å². The van der Waals surface area contributed by atoms with E-state index in [9.17, 15) is 22.3 Å². The lowest BCUT2D eigenvalue weighted by molar-refractivity contribution is 0.101. The molecular weight excluding hydrogens is 446 g/mol. The fourth-order valence-corrected chi connectivity index (χ4v) is 3.63. The Bertz CT molecular complexity index is 1170. The highest BCUT2D eigenvalue weighted by molar-refractivity contribution is 7.79. The maximum Gasteiger partial charge on any atom is 0.276 e. The lowest BCUT2D eigenvalue weighted by Gasteiger charge is -2.24. The molecule has 3 aromatic rings. The van der Waals surface area contributed by atoms with Crippen molar-refractivity contribution in [2.45, 2.75) is 30.7 Å². The van der Waals surface area contributed by atoms with E-state index >= 15 is 0 Å². The molecule has 2 atom stereocenters. The zero-order valence-corrected chi connectivity index (χ0v) is 18.3. The number of nitrogens with zero attached hydrogens (tertiary/aromatic N) is 2. The minimum atomic E-state index is -2.47. The van der Waals surface area contributed by atoms with Crippen LogP contribution in [-0.2, 0) is 24.5 Å². The van der Waals surface area contributed by atoms with E-state index in [-0.39, 0.29) is 35.1 Å². The Morgan fingerprint density at radius 1 is 1.38 bits per heavy atom. The molecule has 12 heteroatoms. The summed E-state index contributed by atoms with van der Waals surface area (Å²) in [6, 6.07) is 4.59. The van der Waals surface area contributed by atoms with Crippen molar-refractivity contribution in [2.75, 3.05) is 11.9 Å². The zero-order chi connectivity index (χ0) is 23.6. The molecule has 1 amide bonds. The minimum absolute atomic E-state index is 0.00205. The predicted octanol–water partition coefficient (Wildman–Crippen LogP) is 2.77. The Balaban J connectivity index is 1.85. The molecule has 9 nitrogen and oxygen atoms in total. The number of amides is 1. The van der Waals surface area contributed by atoms with Gasteiger partial charge in [0.25, 0.3) is 5.91 Å². The second kappa shape index (κ2) is 9.18. The van der Waals surface area contributed by atoms with Crippen LogP contribution in [0.15, 0.2) is 39.9 Å². The summed E-state index contributed by atoms with van der Waals surface area (Å²) >= 11 is -2.47. The molecule has 0 aliphatic heterocycles. The standard InChI is InChI=1S/C20H22F2N4O5S/c1-11-6-13(25-31-11)8-20(2,23)10-30-18-16(32(28)29)9-26(3)17(18)19(27)24-12-4-5-14(21)15(22)7-12/h4-7,9H,8,10,23H2,1-3H3,(H,24,27)(H,28,29). The van der Waals surface area contributed by atoms with E-state index in [1.807, 2.05) is 0 Å². The molecule has 0 saturated carbocycles. The Hall–Kier alpha value is -3.09. The molecule has 0 bridgehead atoms. The first-order valence-corrected chi connectivity index (χ1v) is 10.5. The van der Waals surface area contributed by atoms with Gasteiger partial charge in [0.15, 0.2) is 34.2 Å². The van der Waals surface area contributed by atoms with Gasteiger partial charge >= 0.3 is 0 Å². The summed E-state index contributed by atoms with van der Waals surface area (Å²) in [7, 11) is 1.48. The highest BCUT2D eigenvalue weighted by atomic mass is 32.2. The average Bonchev–Trinajstić information content (AvgIpc) is 3.25. The Morgan fingerprint density at radius 2 is 2.09 bits per heavy atom. The smallest absolute Gasteiger partial charge is 0.276 e. The van der Waals surface area contributed by atoms with Gasteiger partial charge in [-0.25, -0.2) is 13.0 Å². The van der Waals surface area contributed by atoms with Crippen molar-refractivity contribution in [1.29, 1.82) is 0 Å². The fraction of sp³-hybridized carbons (Fsp3) is 0.300. The summed E-state index contributed by atoms with van der Waals surface area (Å²) in [5.41, 5.74) is 5.84. The number of hydrogen-bond acceptors (Lipinski definition) is 6. The highest BCUT2D eigenvalue weighted by Crippen LogP contribution is 2.30. The molecular formula is C20H22F2N4O5S. The van der Waals surface area contributed by atoms with Crippen LogP contribution in [0.5, 0.6) is 5.75 Å². The lowest BCUT2D eigenvalue weighted by Crippen LogP contribution is -2.44. The topological polar surface area (TPSA) is 133 Å². The van der Waals surface area contributed by atoms with E-state index in [1.165, 1.54) is 23.9 Å². The Morgan fingerprint density at radius 3 is 2.69 bits per heavy atom. The summed E-state index contributed by atoms with van der Waals surface area (Å²) in [4.78, 5) is 12.7. The molecule has 4 N–H and O–H groups in total. The molecule has 2 unspecified atom stereocenters. The van der Waals surface area contributed by atoms with E-state index in [2.05, 4.69) is 10.5 Å². The van der Waals surface area contributed by atoms with Crippen molar-refractivity contribution in [1.82, 2.24) is 9.72 Å². The largest absolute Gasteiger partial charge is 0.488 e. The average molecular weight is 468 g/mol. The van der Waals surface area contributed by atoms with E-state index in [4.69, 9.17) is 15.0 Å². The van der Waals surface area contributed by atoms with Crippen molar-refractivity contribution >= 4 is 22.7 Å². The van der Waals surface area contributed by atoms with Gasteiger partial charge in [-0.2, -0.15) is 0 Å². The minimum Gasteiger partial charge on any atom is -0.488 e. The zero-order valence-electron chi connectivity index (χ0n) is 17.5. The number of rotatable bonds is 8. The van der Waals surface area contributed by atoms with Gasteiger partial charge in [-0.05, 0) is 26.0 Å². The first-order chi connectivity index (χ1) is 15.0. The summed E-state index contributed by atoms with van der Waals surface area (Å²) in [5, 5.41) is 6.31. The third-order valence-electron chi connectivity index (χ3n) is 4.49. The van der Waals surface area contributed by atoms with Crippen LogP contribution >= 0.6 is 0 Å². The van der Waals surface area contributed by atoms with Gasteiger partial charge in [0, 0.05) is 37.5 Å². The van der Waals surface area contributed by atoms with Gasteiger partial charge < -0.3 is 29.4 Å². The first kappa shape index (κ1) is 23.6. The Kier molecular flexibility index (Phi) is 6.77. The summed E-state index contributed by atoms with van der Waals surface area (Å²) in [5.74, 6) is -2.48. The summed E-state index contributed by atoms with van der Waals surface area (Å²) in [6.45, 7) is 3.31. The normalized spacial score (nSPS) is 14.1. The van der Waals surface area contributed by atoms with Gasteiger partial charge in [-0.1, -0.05) is 5.16 Å². The molecule has 0 aliphatic carbocycles. The number of aryl methyl sites for hydroxylation is 2. The fourth-order valence-electron chi connectivity index (χ4n) is 3.07. The summed E-state index contributed by atoms with van der Waals surface area (Å²) in [6.07, 6.45) is 1.55. The Labute approximate surface area is 184 Å². The number of nitrogens with one attached hydrogen (secondary N) is 1. The molecule has 0 spiro atoms. The molecule has 3 rings (SSSR count). The quantitative estimate of drug-likeness (QED) is 0.433. The number of nitrogens with two attached hydrogens (primary N) is 1. The van der Waals surface area contributed by atoms with Gasteiger partial charge in [-0.15, -0.1) is 0 Å². The van der Waals surface area contributed by atoms with Gasteiger partial charge in [0.1, 0.15) is 17.3 Å². The molecule has 32 heavy (non-hydrogen) atoms. The molecule has 0 saturated heterocycles. The maximum absolute atomic E-state index is 13.5. The molecule has 2 heterocycles. The number of ether oxygens (including phenoxy) is 1.